The van der Waals surface area contributed by atoms with Crippen molar-refractivity contribution in [1.82, 2.24) is 4.90 Å². The Kier molecular flexibility index (Phi) is 6.30. The second kappa shape index (κ2) is 8.22. The number of nitrogens with zero attached hydrogens (tertiary/aromatic N) is 1. The van der Waals surface area contributed by atoms with E-state index in [0.717, 1.165) is 18.4 Å². The van der Waals surface area contributed by atoms with E-state index in [1.165, 1.54) is 44.5 Å². The van der Waals surface area contributed by atoms with Crippen molar-refractivity contribution >= 4 is 23.4 Å². The molecule has 3 rings (SSSR count). The van der Waals surface area contributed by atoms with E-state index >= 15 is 0 Å². The Morgan fingerprint density at radius 2 is 1.96 bits per heavy atom. The minimum Gasteiger partial charge on any atom is -0.504 e. The molecule has 1 fully saturated rings. The first-order valence-electron chi connectivity index (χ1n) is 7.84. The van der Waals surface area contributed by atoms with Crippen LogP contribution in [0.4, 0.5) is 0 Å². The number of fused-ring (bicyclic) bond motifs is 1. The van der Waals surface area contributed by atoms with Crippen molar-refractivity contribution in [3.63, 3.8) is 0 Å². The van der Waals surface area contributed by atoms with Crippen LogP contribution in [0.1, 0.15) is 25.7 Å². The van der Waals surface area contributed by atoms with Gasteiger partial charge in [-0.05, 0) is 44.5 Å². The summed E-state index contributed by atoms with van der Waals surface area (Å²) in [6, 6.07) is 6.16. The van der Waals surface area contributed by atoms with E-state index in [4.69, 9.17) is 9.15 Å². The molecular weight excluding hydrogens is 318 g/mol. The van der Waals surface area contributed by atoms with Crippen molar-refractivity contribution in [2.24, 2.45) is 0 Å². The third kappa shape index (κ3) is 4.62. The van der Waals surface area contributed by atoms with Crippen molar-refractivity contribution in [3.05, 3.63) is 34.7 Å². The van der Waals surface area contributed by atoms with Crippen molar-refractivity contribution in [1.29, 1.82) is 0 Å². The summed E-state index contributed by atoms with van der Waals surface area (Å²) in [6.45, 7) is 3.95. The number of benzene rings is 1. The smallest absolute Gasteiger partial charge is 0.336 e. The highest BCUT2D eigenvalue weighted by Crippen LogP contribution is 2.30. The highest BCUT2D eigenvalue weighted by Gasteiger charge is 2.10. The lowest BCUT2D eigenvalue weighted by Gasteiger charge is -2.26. The lowest BCUT2D eigenvalue weighted by Crippen LogP contribution is -2.31. The molecule has 23 heavy (non-hydrogen) atoms. The van der Waals surface area contributed by atoms with Crippen LogP contribution in [0.25, 0.3) is 11.0 Å². The Labute approximate surface area is 141 Å². The van der Waals surface area contributed by atoms with Gasteiger partial charge in [-0.15, -0.1) is 12.4 Å². The summed E-state index contributed by atoms with van der Waals surface area (Å²) < 4.78 is 10.7. The lowest BCUT2D eigenvalue weighted by molar-refractivity contribution is 0.203. The molecule has 0 aliphatic carbocycles. The SMILES string of the molecule is Cl.O=c1ccc2cc(OCCCN3CCCCC3)c(O)cc2o1. The normalized spacial score (nSPS) is 15.3. The number of hydrogen-bond acceptors (Lipinski definition) is 5. The topological polar surface area (TPSA) is 62.9 Å². The second-order valence-corrected chi connectivity index (χ2v) is 5.72. The minimum atomic E-state index is -0.429. The molecule has 2 aromatic rings. The van der Waals surface area contributed by atoms with Crippen LogP contribution in [0, 0.1) is 0 Å². The predicted molar refractivity (Wildman–Crippen MR) is 91.8 cm³/mol. The van der Waals surface area contributed by atoms with Crippen LogP contribution < -0.4 is 10.4 Å². The number of rotatable bonds is 5. The van der Waals surface area contributed by atoms with Crippen LogP contribution in [-0.2, 0) is 0 Å². The third-order valence-electron chi connectivity index (χ3n) is 4.03. The van der Waals surface area contributed by atoms with E-state index in [1.807, 2.05) is 0 Å². The maximum absolute atomic E-state index is 11.2. The number of hydrogen-bond donors (Lipinski definition) is 1. The number of halogens is 1. The van der Waals surface area contributed by atoms with Crippen LogP contribution in [0.15, 0.2) is 33.5 Å². The first-order chi connectivity index (χ1) is 10.7. The molecule has 6 heteroatoms. The molecule has 5 nitrogen and oxygen atoms in total. The Morgan fingerprint density at radius 3 is 2.74 bits per heavy atom. The van der Waals surface area contributed by atoms with Gasteiger partial charge < -0.3 is 19.2 Å². The van der Waals surface area contributed by atoms with Gasteiger partial charge in [-0.1, -0.05) is 6.42 Å². The summed E-state index contributed by atoms with van der Waals surface area (Å²) >= 11 is 0. The van der Waals surface area contributed by atoms with Gasteiger partial charge >= 0.3 is 5.63 Å². The average molecular weight is 340 g/mol. The molecule has 1 aromatic heterocycles. The lowest BCUT2D eigenvalue weighted by atomic mass is 10.1. The molecule has 1 aliphatic rings. The van der Waals surface area contributed by atoms with E-state index in [-0.39, 0.29) is 18.2 Å². The number of piperidine rings is 1. The zero-order valence-corrected chi connectivity index (χ0v) is 13.8. The molecule has 1 N–H and O–H groups in total. The minimum absolute atomic E-state index is 0. The van der Waals surface area contributed by atoms with E-state index in [2.05, 4.69) is 4.90 Å². The van der Waals surface area contributed by atoms with Gasteiger partial charge in [-0.2, -0.15) is 0 Å². The van der Waals surface area contributed by atoms with Crippen molar-refractivity contribution < 1.29 is 14.3 Å². The Hall–Kier alpha value is -1.72. The molecule has 1 saturated heterocycles. The average Bonchev–Trinajstić information content (AvgIpc) is 2.53. The molecule has 1 aromatic carbocycles. The number of aromatic hydroxyl groups is 1. The summed E-state index contributed by atoms with van der Waals surface area (Å²) in [5.74, 6) is 0.430. The molecule has 0 unspecified atom stereocenters. The maximum Gasteiger partial charge on any atom is 0.336 e. The van der Waals surface area contributed by atoms with Gasteiger partial charge in [0.1, 0.15) is 5.58 Å². The molecule has 0 bridgehead atoms. The zero-order chi connectivity index (χ0) is 15.4. The van der Waals surface area contributed by atoms with Gasteiger partial charge in [0.05, 0.1) is 6.61 Å². The molecule has 0 saturated carbocycles. The van der Waals surface area contributed by atoms with Gasteiger partial charge in [0.25, 0.3) is 0 Å². The van der Waals surface area contributed by atoms with Gasteiger partial charge in [0.2, 0.25) is 0 Å². The van der Waals surface area contributed by atoms with Crippen LogP contribution >= 0.6 is 12.4 Å². The van der Waals surface area contributed by atoms with Crippen LogP contribution in [0.3, 0.4) is 0 Å². The van der Waals surface area contributed by atoms with E-state index in [0.29, 0.717) is 17.9 Å². The Morgan fingerprint density at radius 1 is 1.17 bits per heavy atom. The first kappa shape index (κ1) is 17.6. The molecule has 0 radical (unpaired) electrons. The molecule has 0 spiro atoms. The zero-order valence-electron chi connectivity index (χ0n) is 13.0. The Balaban J connectivity index is 0.00000192. The van der Waals surface area contributed by atoms with Crippen molar-refractivity contribution in [3.8, 4) is 11.5 Å². The van der Waals surface area contributed by atoms with Gasteiger partial charge in [0.15, 0.2) is 11.5 Å². The fourth-order valence-corrected chi connectivity index (χ4v) is 2.85. The summed E-state index contributed by atoms with van der Waals surface area (Å²) in [5, 5.41) is 10.7. The van der Waals surface area contributed by atoms with E-state index in [1.54, 1.807) is 12.1 Å². The fourth-order valence-electron chi connectivity index (χ4n) is 2.85. The molecule has 0 atom stereocenters. The van der Waals surface area contributed by atoms with E-state index in [9.17, 15) is 9.90 Å². The standard InChI is InChI=1S/C17H21NO4.ClH/c19-14-12-15-13(5-6-17(20)22-15)11-16(14)21-10-4-9-18-7-2-1-3-8-18;/h5-6,11-12,19H,1-4,7-10H2;1H. The largest absolute Gasteiger partial charge is 0.504 e. The highest BCUT2D eigenvalue weighted by atomic mass is 35.5. The molecule has 126 valence electrons. The van der Waals surface area contributed by atoms with Crippen LogP contribution in [-0.4, -0.2) is 36.2 Å². The summed E-state index contributed by atoms with van der Waals surface area (Å²) in [4.78, 5) is 13.6. The molecule has 1 aliphatic heterocycles. The van der Waals surface area contributed by atoms with E-state index < -0.39 is 5.63 Å². The summed E-state index contributed by atoms with van der Waals surface area (Å²) in [7, 11) is 0. The Bertz CT molecular complexity index is 695. The fraction of sp³-hybridized carbons (Fsp3) is 0.471. The quantitative estimate of drug-likeness (QED) is 0.669. The van der Waals surface area contributed by atoms with Crippen molar-refractivity contribution in [2.75, 3.05) is 26.2 Å². The molecule has 2 heterocycles. The summed E-state index contributed by atoms with van der Waals surface area (Å²) in [6.07, 6.45) is 4.85. The number of phenolic OH excluding ortho intramolecular Hbond substituents is 1. The van der Waals surface area contributed by atoms with Crippen LogP contribution in [0.5, 0.6) is 11.5 Å². The third-order valence-corrected chi connectivity index (χ3v) is 4.03. The predicted octanol–water partition coefficient (Wildman–Crippen LogP) is 3.18. The molecular formula is C17H22ClNO4. The first-order valence-corrected chi connectivity index (χ1v) is 7.84. The summed E-state index contributed by atoms with van der Waals surface area (Å²) in [5.41, 5.74) is -0.0623. The van der Waals surface area contributed by atoms with Crippen LogP contribution in [0.2, 0.25) is 0 Å². The second-order valence-electron chi connectivity index (χ2n) is 5.72. The van der Waals surface area contributed by atoms with Gasteiger partial charge in [-0.3, -0.25) is 0 Å². The van der Waals surface area contributed by atoms with Gasteiger partial charge in [0, 0.05) is 24.1 Å². The highest BCUT2D eigenvalue weighted by molar-refractivity contribution is 5.85. The number of phenols is 1. The monoisotopic (exact) mass is 339 g/mol. The number of likely N-dealkylation sites (tertiary alicyclic amines) is 1. The van der Waals surface area contributed by atoms with Gasteiger partial charge in [-0.25, -0.2) is 4.79 Å². The molecule has 0 amide bonds. The number of ether oxygens (including phenoxy) is 1. The van der Waals surface area contributed by atoms with Crippen molar-refractivity contribution in [2.45, 2.75) is 25.7 Å². The maximum atomic E-state index is 11.2.